The standard InChI is InChI=1S/C10H20N2/c1-10(2)5-9(7-12-10)8-3-4-11-6-8/h8-9,11-12H,3-7H2,1-2H3. The van der Waals surface area contributed by atoms with Gasteiger partial charge < -0.3 is 10.6 Å². The van der Waals surface area contributed by atoms with Gasteiger partial charge in [-0.25, -0.2) is 0 Å². The molecule has 2 aliphatic rings. The topological polar surface area (TPSA) is 24.1 Å². The van der Waals surface area contributed by atoms with Crippen LogP contribution in [0.25, 0.3) is 0 Å². The van der Waals surface area contributed by atoms with Gasteiger partial charge in [-0.15, -0.1) is 0 Å². The van der Waals surface area contributed by atoms with E-state index in [-0.39, 0.29) is 0 Å². The van der Waals surface area contributed by atoms with E-state index in [1.807, 2.05) is 0 Å². The maximum Gasteiger partial charge on any atom is 0.0128 e. The molecule has 2 heterocycles. The molecule has 0 aromatic carbocycles. The molecule has 0 amide bonds. The summed E-state index contributed by atoms with van der Waals surface area (Å²) in [5.74, 6) is 1.87. The second kappa shape index (κ2) is 3.00. The molecule has 2 atom stereocenters. The van der Waals surface area contributed by atoms with Crippen LogP contribution in [0, 0.1) is 11.8 Å². The molecule has 2 rings (SSSR count). The van der Waals surface area contributed by atoms with Gasteiger partial charge in [0.2, 0.25) is 0 Å². The first-order valence-electron chi connectivity index (χ1n) is 5.13. The van der Waals surface area contributed by atoms with Gasteiger partial charge in [0.1, 0.15) is 0 Å². The summed E-state index contributed by atoms with van der Waals surface area (Å²) in [6.45, 7) is 8.36. The summed E-state index contributed by atoms with van der Waals surface area (Å²) < 4.78 is 0. The van der Waals surface area contributed by atoms with E-state index in [0.717, 1.165) is 11.8 Å². The van der Waals surface area contributed by atoms with Crippen LogP contribution in [-0.2, 0) is 0 Å². The third kappa shape index (κ3) is 1.64. The minimum atomic E-state index is 0.396. The smallest absolute Gasteiger partial charge is 0.0128 e. The fourth-order valence-electron chi connectivity index (χ4n) is 2.62. The van der Waals surface area contributed by atoms with Crippen LogP contribution in [-0.4, -0.2) is 25.2 Å². The summed E-state index contributed by atoms with van der Waals surface area (Å²) in [5, 5.41) is 7.04. The van der Waals surface area contributed by atoms with Crippen molar-refractivity contribution in [3.05, 3.63) is 0 Å². The first-order chi connectivity index (χ1) is 5.67. The molecule has 0 aliphatic carbocycles. The lowest BCUT2D eigenvalue weighted by molar-refractivity contribution is 0.359. The van der Waals surface area contributed by atoms with Crippen molar-refractivity contribution < 1.29 is 0 Å². The second-order valence-electron chi connectivity index (χ2n) is 4.98. The van der Waals surface area contributed by atoms with E-state index in [1.54, 1.807) is 0 Å². The molecule has 12 heavy (non-hydrogen) atoms. The molecular weight excluding hydrogens is 148 g/mol. The Balaban J connectivity index is 1.90. The lowest BCUT2D eigenvalue weighted by atomic mass is 9.86. The molecule has 2 saturated heterocycles. The zero-order chi connectivity index (χ0) is 8.60. The zero-order valence-corrected chi connectivity index (χ0v) is 8.19. The van der Waals surface area contributed by atoms with Gasteiger partial charge in [-0.2, -0.15) is 0 Å². The van der Waals surface area contributed by atoms with Gasteiger partial charge in [-0.05, 0) is 58.2 Å². The summed E-state index contributed by atoms with van der Waals surface area (Å²) >= 11 is 0. The van der Waals surface area contributed by atoms with E-state index in [9.17, 15) is 0 Å². The van der Waals surface area contributed by atoms with Crippen LogP contribution in [0.1, 0.15) is 26.7 Å². The molecule has 2 heteroatoms. The average Bonchev–Trinajstić information content (AvgIpc) is 2.55. The Morgan fingerprint density at radius 2 is 2.00 bits per heavy atom. The second-order valence-corrected chi connectivity index (χ2v) is 4.98. The van der Waals surface area contributed by atoms with Gasteiger partial charge in [-0.1, -0.05) is 0 Å². The molecule has 2 nitrogen and oxygen atoms in total. The van der Waals surface area contributed by atoms with Crippen molar-refractivity contribution in [3.63, 3.8) is 0 Å². The van der Waals surface area contributed by atoms with Crippen molar-refractivity contribution >= 4 is 0 Å². The van der Waals surface area contributed by atoms with E-state index in [0.29, 0.717) is 5.54 Å². The largest absolute Gasteiger partial charge is 0.316 e. The molecule has 2 fully saturated rings. The van der Waals surface area contributed by atoms with Gasteiger partial charge >= 0.3 is 0 Å². The molecule has 2 aliphatic heterocycles. The maximum atomic E-state index is 3.60. The molecule has 0 saturated carbocycles. The Hall–Kier alpha value is -0.0800. The molecule has 2 N–H and O–H groups in total. The van der Waals surface area contributed by atoms with Crippen molar-refractivity contribution in [2.75, 3.05) is 19.6 Å². The van der Waals surface area contributed by atoms with Gasteiger partial charge in [0.25, 0.3) is 0 Å². The van der Waals surface area contributed by atoms with Crippen LogP contribution in [0.4, 0.5) is 0 Å². The molecule has 0 radical (unpaired) electrons. The van der Waals surface area contributed by atoms with Crippen molar-refractivity contribution in [2.24, 2.45) is 11.8 Å². The van der Waals surface area contributed by atoms with Crippen molar-refractivity contribution in [1.29, 1.82) is 0 Å². The molecule has 2 unspecified atom stereocenters. The summed E-state index contributed by atoms with van der Waals surface area (Å²) in [6, 6.07) is 0. The van der Waals surface area contributed by atoms with Crippen molar-refractivity contribution in [3.8, 4) is 0 Å². The predicted molar refractivity (Wildman–Crippen MR) is 51.2 cm³/mol. The van der Waals surface area contributed by atoms with E-state index < -0.39 is 0 Å². The van der Waals surface area contributed by atoms with Gasteiger partial charge in [0.15, 0.2) is 0 Å². The maximum absolute atomic E-state index is 3.60. The Bertz CT molecular complexity index is 159. The summed E-state index contributed by atoms with van der Waals surface area (Å²) in [6.07, 6.45) is 2.75. The number of hydrogen-bond acceptors (Lipinski definition) is 2. The highest BCUT2D eigenvalue weighted by atomic mass is 15.0. The SMILES string of the molecule is CC1(C)CC(C2CCNC2)CN1. The van der Waals surface area contributed by atoms with E-state index in [2.05, 4.69) is 24.5 Å². The minimum Gasteiger partial charge on any atom is -0.316 e. The number of nitrogens with one attached hydrogen (secondary N) is 2. The summed E-state index contributed by atoms with van der Waals surface area (Å²) in [4.78, 5) is 0. The van der Waals surface area contributed by atoms with Crippen LogP contribution in [0.2, 0.25) is 0 Å². The zero-order valence-electron chi connectivity index (χ0n) is 8.19. The molecule has 0 bridgehead atoms. The van der Waals surface area contributed by atoms with E-state index >= 15 is 0 Å². The fourth-order valence-corrected chi connectivity index (χ4v) is 2.62. The van der Waals surface area contributed by atoms with Crippen LogP contribution >= 0.6 is 0 Å². The van der Waals surface area contributed by atoms with E-state index in [4.69, 9.17) is 0 Å². The van der Waals surface area contributed by atoms with Gasteiger partial charge in [0.05, 0.1) is 0 Å². The lowest BCUT2D eigenvalue weighted by Gasteiger charge is -2.19. The third-order valence-electron chi connectivity index (χ3n) is 3.38. The predicted octanol–water partition coefficient (Wildman–Crippen LogP) is 0.984. The number of rotatable bonds is 1. The van der Waals surface area contributed by atoms with Crippen LogP contribution < -0.4 is 10.6 Å². The van der Waals surface area contributed by atoms with Crippen molar-refractivity contribution in [2.45, 2.75) is 32.2 Å². The number of hydrogen-bond donors (Lipinski definition) is 2. The minimum absolute atomic E-state index is 0.396. The first kappa shape index (κ1) is 8.52. The Labute approximate surface area is 75.1 Å². The summed E-state index contributed by atoms with van der Waals surface area (Å²) in [5.41, 5.74) is 0.396. The van der Waals surface area contributed by atoms with Crippen LogP contribution in [0.3, 0.4) is 0 Å². The Kier molecular flexibility index (Phi) is 2.13. The fraction of sp³-hybridized carbons (Fsp3) is 1.00. The highest BCUT2D eigenvalue weighted by Crippen LogP contribution is 2.31. The average molecular weight is 168 g/mol. The molecule has 70 valence electrons. The van der Waals surface area contributed by atoms with Crippen LogP contribution in [0.5, 0.6) is 0 Å². The van der Waals surface area contributed by atoms with Gasteiger partial charge in [-0.3, -0.25) is 0 Å². The summed E-state index contributed by atoms with van der Waals surface area (Å²) in [7, 11) is 0. The molecule has 0 aromatic rings. The molecular formula is C10H20N2. The quantitative estimate of drug-likeness (QED) is 0.610. The lowest BCUT2D eigenvalue weighted by Crippen LogP contribution is -2.31. The van der Waals surface area contributed by atoms with E-state index in [1.165, 1.54) is 32.5 Å². The van der Waals surface area contributed by atoms with Gasteiger partial charge in [0, 0.05) is 5.54 Å². The Morgan fingerprint density at radius 3 is 2.50 bits per heavy atom. The molecule has 0 aromatic heterocycles. The highest BCUT2D eigenvalue weighted by molar-refractivity contribution is 4.93. The van der Waals surface area contributed by atoms with Crippen LogP contribution in [0.15, 0.2) is 0 Å². The Morgan fingerprint density at radius 1 is 1.17 bits per heavy atom. The normalized spacial score (nSPS) is 40.5. The molecule has 0 spiro atoms. The monoisotopic (exact) mass is 168 g/mol. The first-order valence-corrected chi connectivity index (χ1v) is 5.13. The van der Waals surface area contributed by atoms with Crippen molar-refractivity contribution in [1.82, 2.24) is 10.6 Å². The highest BCUT2D eigenvalue weighted by Gasteiger charge is 2.35. The third-order valence-corrected chi connectivity index (χ3v) is 3.38.